The molecule has 0 heterocycles. The summed E-state index contributed by atoms with van der Waals surface area (Å²) in [6.45, 7) is 9.58. The third-order valence-corrected chi connectivity index (χ3v) is 2.92. The zero-order valence-electron chi connectivity index (χ0n) is 11.8. The van der Waals surface area contributed by atoms with Crippen molar-refractivity contribution in [1.29, 1.82) is 0 Å². The molecule has 1 rings (SSSR count). The van der Waals surface area contributed by atoms with Gasteiger partial charge in [0.05, 0.1) is 18.8 Å². The van der Waals surface area contributed by atoms with Crippen molar-refractivity contribution in [2.75, 3.05) is 13.2 Å². The first-order valence-corrected chi connectivity index (χ1v) is 6.70. The molecule has 2 unspecified atom stereocenters. The first kappa shape index (κ1) is 15.0. The molecule has 0 bridgehead atoms. The van der Waals surface area contributed by atoms with Crippen LogP contribution in [0.1, 0.15) is 39.3 Å². The fourth-order valence-electron chi connectivity index (χ4n) is 2.07. The monoisotopic (exact) mass is 251 g/mol. The van der Waals surface area contributed by atoms with Crippen molar-refractivity contribution in [3.8, 4) is 5.75 Å². The van der Waals surface area contributed by atoms with E-state index < -0.39 is 0 Å². The van der Waals surface area contributed by atoms with Crippen LogP contribution >= 0.6 is 0 Å². The number of benzene rings is 1. The van der Waals surface area contributed by atoms with E-state index in [9.17, 15) is 0 Å². The number of ether oxygens (including phenoxy) is 2. The Hall–Kier alpha value is -1.06. The second-order valence-electron chi connectivity index (χ2n) is 4.70. The molecule has 0 aromatic heterocycles. The molecule has 0 aliphatic heterocycles. The summed E-state index contributed by atoms with van der Waals surface area (Å²) in [5, 5.41) is 0. The summed E-state index contributed by atoms with van der Waals surface area (Å²) < 4.78 is 11.3. The van der Waals surface area contributed by atoms with Gasteiger partial charge >= 0.3 is 0 Å². The van der Waals surface area contributed by atoms with E-state index in [0.29, 0.717) is 19.1 Å². The highest BCUT2D eigenvalue weighted by Gasteiger charge is 2.23. The highest BCUT2D eigenvalue weighted by molar-refractivity contribution is 5.31. The lowest BCUT2D eigenvalue weighted by molar-refractivity contribution is 0.0121. The van der Waals surface area contributed by atoms with Crippen molar-refractivity contribution in [2.45, 2.75) is 39.8 Å². The number of hydrogen-bond acceptors (Lipinski definition) is 3. The molecule has 3 heteroatoms. The van der Waals surface area contributed by atoms with Gasteiger partial charge in [-0.3, -0.25) is 0 Å². The summed E-state index contributed by atoms with van der Waals surface area (Å²) >= 11 is 0. The van der Waals surface area contributed by atoms with Crippen molar-refractivity contribution in [1.82, 2.24) is 0 Å². The first-order chi connectivity index (χ1) is 8.60. The molecule has 0 spiro atoms. The largest absolute Gasteiger partial charge is 0.494 e. The van der Waals surface area contributed by atoms with Gasteiger partial charge in [-0.05, 0) is 37.5 Å². The Morgan fingerprint density at radius 1 is 1.17 bits per heavy atom. The Morgan fingerprint density at radius 3 is 2.44 bits per heavy atom. The molecule has 0 aliphatic carbocycles. The van der Waals surface area contributed by atoms with Gasteiger partial charge in [0.1, 0.15) is 5.75 Å². The molecule has 0 saturated heterocycles. The summed E-state index contributed by atoms with van der Waals surface area (Å²) in [6, 6.07) is 7.84. The van der Waals surface area contributed by atoms with E-state index in [1.165, 1.54) is 0 Å². The summed E-state index contributed by atoms with van der Waals surface area (Å²) in [5.74, 6) is 1.25. The maximum absolute atomic E-state index is 6.31. The fourth-order valence-corrected chi connectivity index (χ4v) is 2.07. The molecule has 0 amide bonds. The average molecular weight is 251 g/mol. The average Bonchev–Trinajstić information content (AvgIpc) is 2.35. The van der Waals surface area contributed by atoms with Crippen molar-refractivity contribution >= 4 is 0 Å². The van der Waals surface area contributed by atoms with E-state index in [0.717, 1.165) is 11.3 Å². The van der Waals surface area contributed by atoms with Crippen LogP contribution in [0.4, 0.5) is 0 Å². The zero-order chi connectivity index (χ0) is 13.5. The molecule has 2 atom stereocenters. The second kappa shape index (κ2) is 7.39. The minimum Gasteiger partial charge on any atom is -0.494 e. The van der Waals surface area contributed by atoms with Gasteiger partial charge in [0.2, 0.25) is 0 Å². The number of nitrogens with two attached hydrogens (primary N) is 1. The normalized spacial score (nSPS) is 14.6. The molecule has 0 aliphatic rings. The number of rotatable bonds is 7. The van der Waals surface area contributed by atoms with Crippen LogP contribution in [-0.2, 0) is 4.74 Å². The van der Waals surface area contributed by atoms with Gasteiger partial charge in [-0.1, -0.05) is 26.0 Å². The Balaban J connectivity index is 2.86. The molecule has 1 aromatic rings. The molecule has 0 radical (unpaired) electrons. The number of hydrogen-bond donors (Lipinski definition) is 1. The lowest BCUT2D eigenvalue weighted by Gasteiger charge is -2.27. The predicted octanol–water partition coefficient (Wildman–Crippen LogP) is 3.15. The summed E-state index contributed by atoms with van der Waals surface area (Å²) in [6.07, 6.45) is 0.0341. The molecule has 0 fully saturated rings. The van der Waals surface area contributed by atoms with Gasteiger partial charge in [0.25, 0.3) is 0 Å². The SMILES string of the molecule is CCOc1cccc(C(N)C(OCC)C(C)C)c1. The first-order valence-electron chi connectivity index (χ1n) is 6.70. The van der Waals surface area contributed by atoms with Crippen LogP contribution in [0.3, 0.4) is 0 Å². The predicted molar refractivity (Wildman–Crippen MR) is 74.8 cm³/mol. The van der Waals surface area contributed by atoms with Gasteiger partial charge < -0.3 is 15.2 Å². The van der Waals surface area contributed by atoms with Crippen LogP contribution in [0.5, 0.6) is 5.75 Å². The van der Waals surface area contributed by atoms with E-state index in [1.54, 1.807) is 0 Å². The van der Waals surface area contributed by atoms with E-state index in [1.807, 2.05) is 38.1 Å². The highest BCUT2D eigenvalue weighted by atomic mass is 16.5. The second-order valence-corrected chi connectivity index (χ2v) is 4.70. The van der Waals surface area contributed by atoms with Crippen molar-refractivity contribution in [2.24, 2.45) is 11.7 Å². The van der Waals surface area contributed by atoms with E-state index >= 15 is 0 Å². The molecule has 1 aromatic carbocycles. The van der Waals surface area contributed by atoms with Crippen LogP contribution in [-0.4, -0.2) is 19.3 Å². The fraction of sp³-hybridized carbons (Fsp3) is 0.600. The Morgan fingerprint density at radius 2 is 1.89 bits per heavy atom. The third kappa shape index (κ3) is 4.00. The highest BCUT2D eigenvalue weighted by Crippen LogP contribution is 2.25. The van der Waals surface area contributed by atoms with E-state index in [4.69, 9.17) is 15.2 Å². The lowest BCUT2D eigenvalue weighted by atomic mass is 9.94. The Bertz CT molecular complexity index is 352. The Labute approximate surface area is 110 Å². The standard InChI is InChI=1S/C15H25NO2/c1-5-17-13-9-7-8-12(10-13)14(16)15(11(3)4)18-6-2/h7-11,14-15H,5-6,16H2,1-4H3. The van der Waals surface area contributed by atoms with Crippen molar-refractivity contribution in [3.05, 3.63) is 29.8 Å². The van der Waals surface area contributed by atoms with Crippen molar-refractivity contribution < 1.29 is 9.47 Å². The van der Waals surface area contributed by atoms with Crippen molar-refractivity contribution in [3.63, 3.8) is 0 Å². The van der Waals surface area contributed by atoms with Crippen LogP contribution in [0.25, 0.3) is 0 Å². The molecule has 0 saturated carbocycles. The molecule has 18 heavy (non-hydrogen) atoms. The van der Waals surface area contributed by atoms with Gasteiger partial charge in [-0.25, -0.2) is 0 Å². The van der Waals surface area contributed by atoms with E-state index in [-0.39, 0.29) is 12.1 Å². The zero-order valence-corrected chi connectivity index (χ0v) is 11.8. The topological polar surface area (TPSA) is 44.5 Å². The third-order valence-electron chi connectivity index (χ3n) is 2.92. The minimum atomic E-state index is -0.120. The molecule has 2 N–H and O–H groups in total. The van der Waals surface area contributed by atoms with Crippen LogP contribution in [0.15, 0.2) is 24.3 Å². The summed E-state index contributed by atoms with van der Waals surface area (Å²) in [4.78, 5) is 0. The van der Waals surface area contributed by atoms with Crippen LogP contribution < -0.4 is 10.5 Å². The molecular weight excluding hydrogens is 226 g/mol. The van der Waals surface area contributed by atoms with Crippen LogP contribution in [0, 0.1) is 5.92 Å². The van der Waals surface area contributed by atoms with Gasteiger partial charge in [0.15, 0.2) is 0 Å². The van der Waals surface area contributed by atoms with Gasteiger partial charge in [0, 0.05) is 6.61 Å². The Kier molecular flexibility index (Phi) is 6.16. The minimum absolute atomic E-state index is 0.0341. The molecular formula is C15H25NO2. The maximum atomic E-state index is 6.31. The summed E-state index contributed by atoms with van der Waals surface area (Å²) in [5.41, 5.74) is 7.37. The molecule has 102 valence electrons. The van der Waals surface area contributed by atoms with Crippen LogP contribution in [0.2, 0.25) is 0 Å². The van der Waals surface area contributed by atoms with Gasteiger partial charge in [-0.15, -0.1) is 0 Å². The molecule has 3 nitrogen and oxygen atoms in total. The quantitative estimate of drug-likeness (QED) is 0.809. The van der Waals surface area contributed by atoms with Gasteiger partial charge in [-0.2, -0.15) is 0 Å². The smallest absolute Gasteiger partial charge is 0.119 e. The summed E-state index contributed by atoms with van der Waals surface area (Å²) in [7, 11) is 0. The lowest BCUT2D eigenvalue weighted by Crippen LogP contribution is -2.33. The maximum Gasteiger partial charge on any atom is 0.119 e. The van der Waals surface area contributed by atoms with E-state index in [2.05, 4.69) is 13.8 Å².